The number of ether oxygens (including phenoxy) is 2. The van der Waals surface area contributed by atoms with Crippen LogP contribution in [0.1, 0.15) is 23.2 Å². The minimum atomic E-state index is 0.0232. The lowest BCUT2D eigenvalue weighted by Crippen LogP contribution is -2.39. The zero-order chi connectivity index (χ0) is 15.6. The van der Waals surface area contributed by atoms with Crippen LogP contribution in [0.25, 0.3) is 0 Å². The van der Waals surface area contributed by atoms with Gasteiger partial charge in [-0.05, 0) is 30.4 Å². The average Bonchev–Trinajstić information content (AvgIpc) is 2.87. The van der Waals surface area contributed by atoms with Crippen LogP contribution in [0.3, 0.4) is 0 Å². The normalized spacial score (nSPS) is 23.9. The molecule has 1 aromatic rings. The summed E-state index contributed by atoms with van der Waals surface area (Å²) in [7, 11) is 1.73. The highest BCUT2D eigenvalue weighted by molar-refractivity contribution is 6.33. The van der Waals surface area contributed by atoms with Crippen LogP contribution in [0, 0.1) is 11.3 Å². The van der Waals surface area contributed by atoms with Crippen molar-refractivity contribution in [1.29, 1.82) is 0 Å². The lowest BCUT2D eigenvalue weighted by molar-refractivity contribution is -0.0169. The van der Waals surface area contributed by atoms with Gasteiger partial charge in [0.05, 0.1) is 17.2 Å². The molecule has 22 heavy (non-hydrogen) atoms. The first-order chi connectivity index (χ1) is 10.7. The summed E-state index contributed by atoms with van der Waals surface area (Å²) in [5.74, 6) is 0.392. The van der Waals surface area contributed by atoms with Gasteiger partial charge >= 0.3 is 0 Å². The van der Waals surface area contributed by atoms with E-state index < -0.39 is 0 Å². The van der Waals surface area contributed by atoms with Crippen molar-refractivity contribution in [2.75, 3.05) is 40.0 Å². The van der Waals surface area contributed by atoms with Crippen LogP contribution in [0.4, 0.5) is 0 Å². The van der Waals surface area contributed by atoms with E-state index in [-0.39, 0.29) is 11.3 Å². The zero-order valence-electron chi connectivity index (χ0n) is 12.9. The maximum atomic E-state index is 12.8. The van der Waals surface area contributed by atoms with Crippen LogP contribution in [-0.2, 0) is 9.47 Å². The number of hydrogen-bond acceptors (Lipinski definition) is 3. The van der Waals surface area contributed by atoms with Gasteiger partial charge in [-0.15, -0.1) is 0 Å². The Bertz CT molecular complexity index is 542. The van der Waals surface area contributed by atoms with Gasteiger partial charge in [0.15, 0.2) is 0 Å². The maximum Gasteiger partial charge on any atom is 0.255 e. The lowest BCUT2D eigenvalue weighted by Gasteiger charge is -2.37. The maximum absolute atomic E-state index is 12.8. The summed E-state index contributed by atoms with van der Waals surface area (Å²) in [5.41, 5.74) is 0.718. The summed E-state index contributed by atoms with van der Waals surface area (Å²) >= 11 is 6.18. The molecule has 120 valence electrons. The molecule has 1 spiro atoms. The van der Waals surface area contributed by atoms with E-state index in [1.807, 2.05) is 17.0 Å². The fourth-order valence-corrected chi connectivity index (χ4v) is 3.98. The van der Waals surface area contributed by atoms with Gasteiger partial charge in [-0.2, -0.15) is 0 Å². The molecule has 0 aromatic heterocycles. The third-order valence-electron chi connectivity index (χ3n) is 5.06. The lowest BCUT2D eigenvalue weighted by atomic mass is 9.72. The number of hydrogen-bond donors (Lipinski definition) is 0. The second kappa shape index (κ2) is 6.57. The Morgan fingerprint density at radius 3 is 2.82 bits per heavy atom. The summed E-state index contributed by atoms with van der Waals surface area (Å²) in [6.45, 7) is 3.74. The first-order valence-electron chi connectivity index (χ1n) is 7.77. The van der Waals surface area contributed by atoms with Crippen LogP contribution in [0.15, 0.2) is 24.3 Å². The van der Waals surface area contributed by atoms with Crippen molar-refractivity contribution in [3.05, 3.63) is 34.9 Å². The number of methoxy groups -OCH3 is 1. The molecule has 1 atom stereocenters. The highest BCUT2D eigenvalue weighted by Gasteiger charge is 2.48. The van der Waals surface area contributed by atoms with Crippen molar-refractivity contribution in [2.45, 2.75) is 12.8 Å². The van der Waals surface area contributed by atoms with Gasteiger partial charge in [0.2, 0.25) is 0 Å². The largest absolute Gasteiger partial charge is 0.384 e. The quantitative estimate of drug-likeness (QED) is 0.858. The minimum Gasteiger partial charge on any atom is -0.384 e. The summed E-state index contributed by atoms with van der Waals surface area (Å²) in [5, 5.41) is 0.517. The number of nitrogens with zero attached hydrogens (tertiary/aromatic N) is 1. The van der Waals surface area contributed by atoms with Gasteiger partial charge < -0.3 is 14.4 Å². The molecule has 2 heterocycles. The smallest absolute Gasteiger partial charge is 0.255 e. The Labute approximate surface area is 136 Å². The van der Waals surface area contributed by atoms with Gasteiger partial charge in [-0.25, -0.2) is 0 Å². The summed E-state index contributed by atoms with van der Waals surface area (Å²) < 4.78 is 10.9. The molecule has 1 amide bonds. The number of amides is 1. The molecule has 0 bridgehead atoms. The van der Waals surface area contributed by atoms with Crippen molar-refractivity contribution in [3.63, 3.8) is 0 Å². The number of carbonyl (C=O) groups is 1. The Kier molecular flexibility index (Phi) is 4.71. The predicted octanol–water partition coefficient (Wildman–Crippen LogP) is 2.86. The zero-order valence-corrected chi connectivity index (χ0v) is 13.6. The number of benzene rings is 1. The monoisotopic (exact) mass is 323 g/mol. The molecular formula is C17H22ClNO3. The first-order valence-corrected chi connectivity index (χ1v) is 8.14. The Morgan fingerprint density at radius 2 is 2.14 bits per heavy atom. The van der Waals surface area contributed by atoms with E-state index in [9.17, 15) is 4.79 Å². The number of halogens is 1. The number of rotatable bonds is 3. The molecule has 5 heteroatoms. The second-order valence-corrected chi connectivity index (χ2v) is 6.70. The van der Waals surface area contributed by atoms with Crippen molar-refractivity contribution in [2.24, 2.45) is 11.3 Å². The number of carbonyl (C=O) groups excluding carboxylic acids is 1. The molecule has 0 unspecified atom stereocenters. The third kappa shape index (κ3) is 2.87. The summed E-state index contributed by atoms with van der Waals surface area (Å²) in [6, 6.07) is 7.26. The standard InChI is InChI=1S/C17H22ClNO3/c1-21-11-13-10-19(12-17(13)6-8-22-9-7-17)16(20)14-4-2-3-5-15(14)18/h2-5,13H,6-12H2,1H3/t13-/m0/s1. The molecule has 2 saturated heterocycles. The molecule has 2 aliphatic rings. The molecule has 0 aliphatic carbocycles. The highest BCUT2D eigenvalue weighted by atomic mass is 35.5. The SMILES string of the molecule is COC[C@@H]1CN(C(=O)c2ccccc2Cl)CC12CCOCC2. The molecule has 0 saturated carbocycles. The van der Waals surface area contributed by atoms with Crippen LogP contribution in [0.5, 0.6) is 0 Å². The van der Waals surface area contributed by atoms with Gasteiger partial charge in [-0.1, -0.05) is 23.7 Å². The van der Waals surface area contributed by atoms with Gasteiger partial charge in [-0.3, -0.25) is 4.79 Å². The van der Waals surface area contributed by atoms with Crippen LogP contribution in [-0.4, -0.2) is 50.8 Å². The minimum absolute atomic E-state index is 0.0232. The van der Waals surface area contributed by atoms with E-state index in [2.05, 4.69) is 0 Å². The topological polar surface area (TPSA) is 38.8 Å². The predicted molar refractivity (Wildman–Crippen MR) is 85.2 cm³/mol. The first kappa shape index (κ1) is 15.8. The van der Waals surface area contributed by atoms with E-state index in [0.717, 1.165) is 39.1 Å². The van der Waals surface area contributed by atoms with Crippen molar-refractivity contribution in [1.82, 2.24) is 4.90 Å². The fraction of sp³-hybridized carbons (Fsp3) is 0.588. The Balaban J connectivity index is 1.81. The summed E-state index contributed by atoms with van der Waals surface area (Å²) in [4.78, 5) is 14.8. The van der Waals surface area contributed by atoms with Crippen LogP contribution in [0.2, 0.25) is 5.02 Å². The third-order valence-corrected chi connectivity index (χ3v) is 5.39. The molecule has 0 N–H and O–H groups in total. The molecule has 0 radical (unpaired) electrons. The van der Waals surface area contributed by atoms with E-state index >= 15 is 0 Å². The van der Waals surface area contributed by atoms with Gasteiger partial charge in [0.1, 0.15) is 0 Å². The average molecular weight is 324 g/mol. The van der Waals surface area contributed by atoms with E-state index in [0.29, 0.717) is 23.1 Å². The second-order valence-electron chi connectivity index (χ2n) is 6.29. The van der Waals surface area contributed by atoms with Crippen molar-refractivity contribution < 1.29 is 14.3 Å². The molecule has 2 aliphatic heterocycles. The molecule has 1 aromatic carbocycles. The summed E-state index contributed by atoms with van der Waals surface area (Å²) in [6.07, 6.45) is 1.99. The number of likely N-dealkylation sites (tertiary alicyclic amines) is 1. The van der Waals surface area contributed by atoms with E-state index in [4.69, 9.17) is 21.1 Å². The molecular weight excluding hydrogens is 302 g/mol. The molecule has 2 fully saturated rings. The Morgan fingerprint density at radius 1 is 1.41 bits per heavy atom. The highest BCUT2D eigenvalue weighted by Crippen LogP contribution is 2.44. The van der Waals surface area contributed by atoms with Crippen LogP contribution < -0.4 is 0 Å². The van der Waals surface area contributed by atoms with Gasteiger partial charge in [0.25, 0.3) is 5.91 Å². The van der Waals surface area contributed by atoms with E-state index in [1.165, 1.54) is 0 Å². The van der Waals surface area contributed by atoms with Gasteiger partial charge in [0, 0.05) is 39.3 Å². The molecule has 4 nitrogen and oxygen atoms in total. The van der Waals surface area contributed by atoms with E-state index in [1.54, 1.807) is 19.2 Å². The van der Waals surface area contributed by atoms with Crippen molar-refractivity contribution >= 4 is 17.5 Å². The van der Waals surface area contributed by atoms with Crippen molar-refractivity contribution in [3.8, 4) is 0 Å². The Hall–Kier alpha value is -1.10. The van der Waals surface area contributed by atoms with Crippen LogP contribution >= 0.6 is 11.6 Å². The molecule has 3 rings (SSSR count). The fourth-order valence-electron chi connectivity index (χ4n) is 3.77.